The predicted molar refractivity (Wildman–Crippen MR) is 48.4 cm³/mol. The molecule has 1 rings (SSSR count). The van der Waals surface area contributed by atoms with Gasteiger partial charge in [-0.1, -0.05) is 13.8 Å². The fraction of sp³-hybridized carbons (Fsp3) is 1.00. The zero-order chi connectivity index (χ0) is 10.9. The summed E-state index contributed by atoms with van der Waals surface area (Å²) in [6.45, 7) is 3.89. The Bertz CT molecular complexity index is 184. The van der Waals surface area contributed by atoms with E-state index in [0.717, 1.165) is 0 Å². The lowest BCUT2D eigenvalue weighted by molar-refractivity contribution is -0.283. The van der Waals surface area contributed by atoms with Gasteiger partial charge in [-0.3, -0.25) is 0 Å². The maximum Gasteiger partial charge on any atom is 0.183 e. The molecular formula is C9H18O5. The molecule has 0 spiro atoms. The molecule has 0 aromatic carbocycles. The van der Waals surface area contributed by atoms with Crippen LogP contribution in [0.5, 0.6) is 0 Å². The maximum absolute atomic E-state index is 9.53. The second kappa shape index (κ2) is 4.55. The van der Waals surface area contributed by atoms with Gasteiger partial charge in [0.15, 0.2) is 6.29 Å². The molecule has 0 amide bonds. The van der Waals surface area contributed by atoms with Crippen LogP contribution in [0.4, 0.5) is 0 Å². The summed E-state index contributed by atoms with van der Waals surface area (Å²) in [4.78, 5) is 0. The van der Waals surface area contributed by atoms with Crippen molar-refractivity contribution in [2.75, 3.05) is 0 Å². The Balaban J connectivity index is 2.60. The van der Waals surface area contributed by atoms with Gasteiger partial charge in [0.25, 0.3) is 0 Å². The molecule has 1 aliphatic rings. The summed E-state index contributed by atoms with van der Waals surface area (Å²) in [5.41, 5.74) is 0. The van der Waals surface area contributed by atoms with E-state index in [1.165, 1.54) is 0 Å². The molecule has 5 nitrogen and oxygen atoms in total. The van der Waals surface area contributed by atoms with E-state index in [1.54, 1.807) is 0 Å². The Hall–Kier alpha value is -0.200. The van der Waals surface area contributed by atoms with Crippen molar-refractivity contribution in [1.82, 2.24) is 0 Å². The van der Waals surface area contributed by atoms with Gasteiger partial charge >= 0.3 is 0 Å². The van der Waals surface area contributed by atoms with Gasteiger partial charge in [-0.2, -0.15) is 0 Å². The molecular weight excluding hydrogens is 188 g/mol. The largest absolute Gasteiger partial charge is 0.388 e. The molecule has 14 heavy (non-hydrogen) atoms. The monoisotopic (exact) mass is 206 g/mol. The van der Waals surface area contributed by atoms with Crippen molar-refractivity contribution in [3.05, 3.63) is 0 Å². The second-order valence-corrected chi connectivity index (χ2v) is 4.17. The van der Waals surface area contributed by atoms with E-state index in [-0.39, 0.29) is 5.92 Å². The Morgan fingerprint density at radius 3 is 2.07 bits per heavy atom. The third-order valence-corrected chi connectivity index (χ3v) is 2.39. The molecule has 84 valence electrons. The van der Waals surface area contributed by atoms with Gasteiger partial charge in [0.1, 0.15) is 18.3 Å². The zero-order valence-corrected chi connectivity index (χ0v) is 8.37. The van der Waals surface area contributed by atoms with Gasteiger partial charge in [-0.25, -0.2) is 0 Å². The third-order valence-electron chi connectivity index (χ3n) is 2.39. The summed E-state index contributed by atoms with van der Waals surface area (Å²) in [5, 5.41) is 37.3. The molecule has 0 aromatic heterocycles. The van der Waals surface area contributed by atoms with Crippen molar-refractivity contribution in [2.24, 2.45) is 5.92 Å². The summed E-state index contributed by atoms with van der Waals surface area (Å²) in [5.74, 6) is 0.282. The predicted octanol–water partition coefficient (Wildman–Crippen LogP) is -1.17. The van der Waals surface area contributed by atoms with Crippen molar-refractivity contribution in [3.8, 4) is 0 Å². The molecule has 1 aliphatic heterocycles. The average molecular weight is 206 g/mol. The number of aliphatic hydroxyl groups is 4. The van der Waals surface area contributed by atoms with E-state index in [4.69, 9.17) is 4.74 Å². The minimum atomic E-state index is -1.44. The van der Waals surface area contributed by atoms with Crippen molar-refractivity contribution < 1.29 is 25.2 Å². The van der Waals surface area contributed by atoms with Gasteiger partial charge in [-0.15, -0.1) is 0 Å². The smallest absolute Gasteiger partial charge is 0.183 e. The molecule has 0 radical (unpaired) electrons. The van der Waals surface area contributed by atoms with Crippen LogP contribution in [-0.2, 0) is 4.74 Å². The van der Waals surface area contributed by atoms with Gasteiger partial charge in [0.05, 0.1) is 6.10 Å². The summed E-state index contributed by atoms with van der Waals surface area (Å²) < 4.78 is 4.99. The minimum absolute atomic E-state index is 0.282. The van der Waals surface area contributed by atoms with Crippen LogP contribution >= 0.6 is 0 Å². The van der Waals surface area contributed by atoms with Crippen LogP contribution in [0.15, 0.2) is 0 Å². The average Bonchev–Trinajstić information content (AvgIpc) is 2.10. The first-order chi connectivity index (χ1) is 6.43. The molecule has 5 atom stereocenters. The Morgan fingerprint density at radius 2 is 1.57 bits per heavy atom. The lowest BCUT2D eigenvalue weighted by Crippen LogP contribution is -2.57. The Morgan fingerprint density at radius 1 is 1.00 bits per heavy atom. The summed E-state index contributed by atoms with van der Waals surface area (Å²) in [7, 11) is 0. The van der Waals surface area contributed by atoms with E-state index in [1.807, 2.05) is 13.8 Å². The standard InChI is InChI=1S/C9H18O5/c1-4(2)3-5-6(10)7(11)8(12)9(13)14-5/h4-13H,3H2,1-2H3/t5-,6+,7-,8+,9?/m1/s1. The van der Waals surface area contributed by atoms with E-state index >= 15 is 0 Å². The minimum Gasteiger partial charge on any atom is -0.388 e. The van der Waals surface area contributed by atoms with Gasteiger partial charge in [0, 0.05) is 0 Å². The molecule has 1 unspecified atom stereocenters. The summed E-state index contributed by atoms with van der Waals surface area (Å²) >= 11 is 0. The maximum atomic E-state index is 9.53. The van der Waals surface area contributed by atoms with E-state index in [2.05, 4.69) is 0 Å². The van der Waals surface area contributed by atoms with Crippen molar-refractivity contribution in [2.45, 2.75) is 51.0 Å². The molecule has 0 aromatic rings. The third kappa shape index (κ3) is 2.43. The SMILES string of the molecule is CC(C)C[C@H]1OC(O)[C@@H](O)[C@H](O)[C@H]1O. The van der Waals surface area contributed by atoms with Crippen molar-refractivity contribution >= 4 is 0 Å². The van der Waals surface area contributed by atoms with Crippen LogP contribution in [0, 0.1) is 5.92 Å². The highest BCUT2D eigenvalue weighted by atomic mass is 16.6. The molecule has 1 fully saturated rings. The van der Waals surface area contributed by atoms with Gasteiger partial charge in [-0.05, 0) is 12.3 Å². The quantitative estimate of drug-likeness (QED) is 0.457. The van der Waals surface area contributed by atoms with Gasteiger partial charge in [0.2, 0.25) is 0 Å². The first-order valence-electron chi connectivity index (χ1n) is 4.81. The molecule has 0 aliphatic carbocycles. The summed E-state index contributed by atoms with van der Waals surface area (Å²) in [6, 6.07) is 0. The van der Waals surface area contributed by atoms with Gasteiger partial charge < -0.3 is 25.2 Å². The highest BCUT2D eigenvalue weighted by Crippen LogP contribution is 2.24. The summed E-state index contributed by atoms with van der Waals surface area (Å²) in [6.07, 6.45) is -5.44. The molecule has 4 N–H and O–H groups in total. The molecule has 5 heteroatoms. The number of aliphatic hydroxyl groups excluding tert-OH is 4. The Kier molecular flexibility index (Phi) is 3.86. The number of ether oxygens (including phenoxy) is 1. The molecule has 0 bridgehead atoms. The number of rotatable bonds is 2. The number of hydrogen-bond acceptors (Lipinski definition) is 5. The van der Waals surface area contributed by atoms with E-state index in [0.29, 0.717) is 6.42 Å². The van der Waals surface area contributed by atoms with Crippen LogP contribution in [0.25, 0.3) is 0 Å². The van der Waals surface area contributed by atoms with Crippen molar-refractivity contribution in [1.29, 1.82) is 0 Å². The Labute approximate surface area is 82.9 Å². The lowest BCUT2D eigenvalue weighted by atomic mass is 9.93. The fourth-order valence-electron chi connectivity index (χ4n) is 1.59. The van der Waals surface area contributed by atoms with Crippen LogP contribution in [-0.4, -0.2) is 51.1 Å². The van der Waals surface area contributed by atoms with E-state index in [9.17, 15) is 20.4 Å². The van der Waals surface area contributed by atoms with Crippen LogP contribution in [0.1, 0.15) is 20.3 Å². The zero-order valence-electron chi connectivity index (χ0n) is 8.37. The van der Waals surface area contributed by atoms with Crippen molar-refractivity contribution in [3.63, 3.8) is 0 Å². The highest BCUT2D eigenvalue weighted by Gasteiger charge is 2.42. The van der Waals surface area contributed by atoms with Crippen LogP contribution in [0.2, 0.25) is 0 Å². The first kappa shape index (κ1) is 11.9. The molecule has 1 saturated heterocycles. The number of hydrogen-bond donors (Lipinski definition) is 4. The second-order valence-electron chi connectivity index (χ2n) is 4.17. The highest BCUT2D eigenvalue weighted by molar-refractivity contribution is 4.88. The van der Waals surface area contributed by atoms with E-state index < -0.39 is 30.7 Å². The fourth-order valence-corrected chi connectivity index (χ4v) is 1.59. The lowest BCUT2D eigenvalue weighted by Gasteiger charge is -2.38. The molecule has 1 heterocycles. The topological polar surface area (TPSA) is 90.2 Å². The normalized spacial score (nSPS) is 44.4. The van der Waals surface area contributed by atoms with Crippen LogP contribution < -0.4 is 0 Å². The molecule has 0 saturated carbocycles. The van der Waals surface area contributed by atoms with Crippen LogP contribution in [0.3, 0.4) is 0 Å². The first-order valence-corrected chi connectivity index (χ1v) is 4.81.